The summed E-state index contributed by atoms with van der Waals surface area (Å²) in [5, 5.41) is 33.1. The van der Waals surface area contributed by atoms with E-state index in [0.717, 1.165) is 60.8 Å². The number of nitrogens with one attached hydrogen (secondary N) is 4. The number of allylic oxidation sites excluding steroid dienone is 2. The molecule has 2 aliphatic carbocycles. The molecule has 7 N–H and O–H groups in total. The van der Waals surface area contributed by atoms with Crippen molar-refractivity contribution in [1.29, 1.82) is 0 Å². The van der Waals surface area contributed by atoms with Crippen molar-refractivity contribution in [3.8, 4) is 0 Å². The molecule has 4 fully saturated rings. The molecule has 26 nitrogen and oxygen atoms in total. The molecule has 0 unspecified atom stereocenters. The molecular formula is C66H91LiN8O18. The summed E-state index contributed by atoms with van der Waals surface area (Å²) >= 11 is 0. The predicted octanol–water partition coefficient (Wildman–Crippen LogP) is 4.58. The summed E-state index contributed by atoms with van der Waals surface area (Å²) < 4.78 is 27.9. The first-order valence-corrected chi connectivity index (χ1v) is 32.0. The van der Waals surface area contributed by atoms with Crippen LogP contribution in [0.2, 0.25) is 0 Å². The molecule has 504 valence electrons. The topological polar surface area (TPSA) is 339 Å². The zero-order chi connectivity index (χ0) is 66.7. The van der Waals surface area contributed by atoms with Crippen LogP contribution in [0.15, 0.2) is 72.8 Å². The average Bonchev–Trinajstić information content (AvgIpc) is 1.59. The van der Waals surface area contributed by atoms with Crippen LogP contribution < -0.4 is 40.1 Å². The number of esters is 1. The molecule has 8 aliphatic rings. The largest absolute Gasteiger partial charge is 1.00 e. The van der Waals surface area contributed by atoms with Gasteiger partial charge in [0.15, 0.2) is 0 Å². The standard InChI is InChI=1S/C34H46N4O8.C32H42N4O8.Li.H2O2.H/c1-5-44-30(41)34-18-24(34)15-9-7-6-8-10-16-26(35-31(42)46-33(2,3)4)29(40)38-21-25(17-27(38)28(39)36-34)45-32(43)37-19-22-13-11-12-14-23(22)20-37;1-31(2,3)44-29(41)33-24-14-8-6-4-5-7-13-22-16-32(22,28(39)40)34-26(37)25-15-23(19-36(25)27(24)38)43-30(42)35-17-20-11-9-10-12-21(20)18-35;;1-2;/h9,11-15,24-27H,5-8,10,16-21H2,1-4H3,(H,35,42)(H,36,39);7,9-13,22-25H,4-6,8,14-19H2,1-3H3,(H,33,41)(H,34,37)(H,39,40);;1-2H;/q;;+1;;-1/b15-9-;13-7-;;;/t24-,25-,26+,27+,34-;22-,23-,24+,25+,32-;;;/m11.../s1. The molecule has 10 atom stereocenters. The summed E-state index contributed by atoms with van der Waals surface area (Å²) in [4.78, 5) is 139. The van der Waals surface area contributed by atoms with E-state index in [1.54, 1.807) is 58.3 Å². The van der Waals surface area contributed by atoms with Crippen LogP contribution in [-0.4, -0.2) is 174 Å². The summed E-state index contributed by atoms with van der Waals surface area (Å²) in [7, 11) is 0. The number of amides is 8. The fraction of sp³-hybridized carbons (Fsp3) is 0.606. The Bertz CT molecular complexity index is 3090. The molecule has 6 heterocycles. The van der Waals surface area contributed by atoms with Crippen LogP contribution in [0.5, 0.6) is 0 Å². The molecule has 27 heteroatoms. The number of hydrogen-bond donors (Lipinski definition) is 7. The smallest absolute Gasteiger partial charge is 1.00 e. The van der Waals surface area contributed by atoms with Gasteiger partial charge >= 0.3 is 55.2 Å². The molecule has 2 saturated heterocycles. The Labute approximate surface area is 555 Å². The minimum atomic E-state index is -1.45. The third-order valence-electron chi connectivity index (χ3n) is 17.6. The molecule has 0 bridgehead atoms. The maximum Gasteiger partial charge on any atom is 1.00 e. The SMILES string of the molecule is CC(C)(C)OC(=O)N[C@H]1CCCCC/C=C\[C@@H]2C[C@@]2(C(=O)O)NC(=O)[C@@H]2C[C@@H](OC(=O)N3Cc4ccccc4C3)CN2C1=O.CCOC(=O)[C@@]12C[C@H]1/C=C\CCCCC[C@H](NC(=O)OC(C)(C)C)C(=O)N1C[C@H](OC(=O)N3Cc4ccccc4C3)C[C@H]1C(=O)N2.OO.[H-].[Li+]. The summed E-state index contributed by atoms with van der Waals surface area (Å²) in [5.41, 5.74) is -0.0811. The Kier molecular flexibility index (Phi) is 24.7. The van der Waals surface area contributed by atoms with E-state index in [-0.39, 0.29) is 71.1 Å². The van der Waals surface area contributed by atoms with E-state index >= 15 is 0 Å². The zero-order valence-electron chi connectivity index (χ0n) is 55.7. The number of alkyl carbamates (subject to hydrolysis) is 2. The fourth-order valence-corrected chi connectivity index (χ4v) is 12.8. The molecule has 2 aromatic carbocycles. The van der Waals surface area contributed by atoms with E-state index in [1.807, 2.05) is 72.8 Å². The van der Waals surface area contributed by atoms with Crippen LogP contribution in [0, 0.1) is 11.8 Å². The first-order valence-electron chi connectivity index (χ1n) is 32.0. The molecule has 0 spiro atoms. The van der Waals surface area contributed by atoms with Gasteiger partial charge in [0, 0.05) is 50.9 Å². The Morgan fingerprint density at radius 1 is 0.591 bits per heavy atom. The van der Waals surface area contributed by atoms with Crippen molar-refractivity contribution in [2.45, 2.75) is 223 Å². The zero-order valence-corrected chi connectivity index (χ0v) is 54.7. The molecule has 10 rings (SSSR count). The number of nitrogens with zero attached hydrogens (tertiary/aromatic N) is 4. The Morgan fingerprint density at radius 3 is 1.34 bits per heavy atom. The number of hydrogen-bond acceptors (Lipinski definition) is 17. The molecule has 8 amide bonds. The minimum Gasteiger partial charge on any atom is -1.00 e. The quantitative estimate of drug-likeness (QED) is 0.0498. The van der Waals surface area contributed by atoms with Crippen LogP contribution >= 0.6 is 0 Å². The van der Waals surface area contributed by atoms with Crippen LogP contribution in [0.25, 0.3) is 0 Å². The summed E-state index contributed by atoms with van der Waals surface area (Å²) in [6.45, 7) is 13.8. The van der Waals surface area contributed by atoms with E-state index in [0.29, 0.717) is 58.3 Å². The molecule has 93 heavy (non-hydrogen) atoms. The Morgan fingerprint density at radius 2 is 0.968 bits per heavy atom. The van der Waals surface area contributed by atoms with Crippen molar-refractivity contribution in [3.05, 3.63) is 95.1 Å². The van der Waals surface area contributed by atoms with Crippen molar-refractivity contribution in [2.75, 3.05) is 19.7 Å². The maximum atomic E-state index is 14.2. The van der Waals surface area contributed by atoms with Crippen LogP contribution in [-0.2, 0) is 78.6 Å². The number of rotatable bonds is 7. The van der Waals surface area contributed by atoms with E-state index in [9.17, 15) is 53.1 Å². The van der Waals surface area contributed by atoms with E-state index in [1.165, 1.54) is 9.80 Å². The summed E-state index contributed by atoms with van der Waals surface area (Å²) in [6, 6.07) is 11.4. The summed E-state index contributed by atoms with van der Waals surface area (Å²) in [6.07, 6.45) is 11.1. The number of carboxylic acid groups (broad SMARTS) is 1. The van der Waals surface area contributed by atoms with Crippen molar-refractivity contribution >= 4 is 59.9 Å². The Hall–Kier alpha value is -7.66. The second-order valence-electron chi connectivity index (χ2n) is 26.8. The molecule has 0 aromatic heterocycles. The van der Waals surface area contributed by atoms with Gasteiger partial charge in [0.2, 0.25) is 23.6 Å². The molecule has 2 saturated carbocycles. The van der Waals surface area contributed by atoms with Crippen LogP contribution in [0.1, 0.15) is 162 Å². The molecule has 6 aliphatic heterocycles. The van der Waals surface area contributed by atoms with Gasteiger partial charge in [0.05, 0.1) is 19.7 Å². The van der Waals surface area contributed by atoms with Gasteiger partial charge in [-0.3, -0.25) is 39.5 Å². The van der Waals surface area contributed by atoms with Gasteiger partial charge in [-0.15, -0.1) is 0 Å². The van der Waals surface area contributed by atoms with Gasteiger partial charge in [-0.25, -0.2) is 28.8 Å². The Balaban J connectivity index is 0.000000285. The number of carbonyl (C=O) groups is 10. The number of carboxylic acids is 1. The normalized spacial score (nSPS) is 28.3. The monoisotopic (exact) mass is 1290 g/mol. The first kappa shape index (κ1) is 72.8. The van der Waals surface area contributed by atoms with Gasteiger partial charge in [0.25, 0.3) is 0 Å². The minimum absolute atomic E-state index is 0. The second kappa shape index (κ2) is 31.5. The van der Waals surface area contributed by atoms with Crippen LogP contribution in [0.3, 0.4) is 0 Å². The van der Waals surface area contributed by atoms with Crippen molar-refractivity contribution in [1.82, 2.24) is 40.9 Å². The maximum absolute atomic E-state index is 14.2. The van der Waals surface area contributed by atoms with Crippen molar-refractivity contribution < 1.29 is 108 Å². The number of ether oxygens (including phenoxy) is 5. The third kappa shape index (κ3) is 18.6. The van der Waals surface area contributed by atoms with E-state index < -0.39 is 119 Å². The van der Waals surface area contributed by atoms with Gasteiger partial charge < -0.3 is 61.3 Å². The summed E-state index contributed by atoms with van der Waals surface area (Å²) in [5.74, 6) is -4.37. The number of benzene rings is 2. The molecular weight excluding hydrogens is 1200 g/mol. The third-order valence-corrected chi connectivity index (χ3v) is 17.6. The van der Waals surface area contributed by atoms with Gasteiger partial charge in [-0.1, -0.05) is 98.5 Å². The molecule has 2 aromatic rings. The first-order chi connectivity index (χ1) is 43.8. The van der Waals surface area contributed by atoms with Gasteiger partial charge in [0.1, 0.15) is 58.7 Å². The fourth-order valence-electron chi connectivity index (χ4n) is 12.8. The number of aliphatic carboxylic acids is 1. The predicted molar refractivity (Wildman–Crippen MR) is 332 cm³/mol. The van der Waals surface area contributed by atoms with E-state index in [4.69, 9.17) is 34.2 Å². The van der Waals surface area contributed by atoms with Crippen LogP contribution in [0.4, 0.5) is 19.2 Å². The number of carbonyl (C=O) groups excluding carboxylic acids is 9. The number of fused-ring (bicyclic) bond motifs is 6. The molecule has 0 radical (unpaired) electrons. The van der Waals surface area contributed by atoms with Crippen molar-refractivity contribution in [3.63, 3.8) is 0 Å². The van der Waals surface area contributed by atoms with Gasteiger partial charge in [-0.05, 0) is 122 Å². The van der Waals surface area contributed by atoms with Crippen molar-refractivity contribution in [2.24, 2.45) is 11.8 Å². The second-order valence-corrected chi connectivity index (χ2v) is 26.8. The average molecular weight is 1290 g/mol. The van der Waals surface area contributed by atoms with Gasteiger partial charge in [-0.2, -0.15) is 0 Å². The van der Waals surface area contributed by atoms with E-state index in [2.05, 4.69) is 21.3 Å².